The molecule has 0 bridgehead atoms. The lowest BCUT2D eigenvalue weighted by Crippen LogP contribution is -2.63. The van der Waals surface area contributed by atoms with Crippen LogP contribution in [-0.4, -0.2) is 62.2 Å². The third-order valence-electron chi connectivity index (χ3n) is 7.77. The summed E-state index contributed by atoms with van der Waals surface area (Å²) in [5.41, 5.74) is 18.5. The minimum Gasteiger partial charge on any atom is -0.456 e. The first-order chi connectivity index (χ1) is 21.7. The average molecular weight is 654 g/mol. The molecule has 1 amide bonds. The smallest absolute Gasteiger partial charge is 0.355 e. The number of β-lactam (4-membered cyclic amide) rings is 1. The number of nitrogens with zero attached hydrogens (tertiary/aromatic N) is 10. The van der Waals surface area contributed by atoms with Gasteiger partial charge in [-0.2, -0.15) is 4.40 Å². The number of aryl methyl sites for hydroxylation is 1. The van der Waals surface area contributed by atoms with Crippen molar-refractivity contribution >= 4 is 51.1 Å². The summed E-state index contributed by atoms with van der Waals surface area (Å²) in [6.07, 6.45) is 3.52. The highest BCUT2D eigenvalue weighted by molar-refractivity contribution is 7.99. The standard InChI is InChI=1S/C27H29N10O6S2/c1-15-20(19-12-35-14-34(10-3-8-30-32-28)25(26(35)45-19)44-11-9-31-33-29)23(36-22(15)21(16(2)38)24(36)39)27(40)43-13-17-4-6-18(7-5-17)37(41)42/h4-7,12,14-16,21-22,38H,3,8-11,13H2,1-2H3/q+1/t15-,16+,21+,22+/m0/s1. The Morgan fingerprint density at radius 3 is 2.64 bits per heavy atom. The SMILES string of the molecule is C[C@@H](O)[C@H]1C(=O)N2C(C(=O)OCc3ccc([N+](=O)[O-])cc3)=C(c3cn4c[n+](CCCN=[N+]=[N-])c(SCCN=[N+]=[N-])c4s3)[C@H](C)[C@H]12. The molecule has 2 aliphatic rings. The number of non-ortho nitro benzene ring substituents is 1. The van der Waals surface area contributed by atoms with Gasteiger partial charge in [0.2, 0.25) is 15.8 Å². The first kappa shape index (κ1) is 31.8. The number of aliphatic hydroxyl groups is 1. The van der Waals surface area contributed by atoms with Crippen molar-refractivity contribution in [3.05, 3.63) is 83.9 Å². The number of nitro groups is 1. The fourth-order valence-corrected chi connectivity index (χ4v) is 8.14. The number of fused-ring (bicyclic) bond motifs is 2. The molecule has 234 valence electrons. The third-order valence-corrected chi connectivity index (χ3v) is 10.1. The molecule has 0 unspecified atom stereocenters. The summed E-state index contributed by atoms with van der Waals surface area (Å²) in [6, 6.07) is 5.25. The number of esters is 1. The van der Waals surface area contributed by atoms with Crippen molar-refractivity contribution in [3.63, 3.8) is 0 Å². The summed E-state index contributed by atoms with van der Waals surface area (Å²) in [6.45, 7) is 4.56. The molecule has 4 atom stereocenters. The number of ether oxygens (including phenoxy) is 1. The number of carbonyl (C=O) groups excluding carboxylic acids is 2. The maximum Gasteiger partial charge on any atom is 0.355 e. The van der Waals surface area contributed by atoms with Gasteiger partial charge < -0.3 is 14.7 Å². The van der Waals surface area contributed by atoms with Gasteiger partial charge in [0.05, 0.1) is 34.4 Å². The average Bonchev–Trinajstić information content (AvgIpc) is 3.63. The maximum absolute atomic E-state index is 13.7. The number of amides is 1. The molecular weight excluding hydrogens is 624 g/mol. The van der Waals surface area contributed by atoms with Crippen molar-refractivity contribution in [2.45, 2.75) is 50.6 Å². The van der Waals surface area contributed by atoms with Crippen molar-refractivity contribution in [1.82, 2.24) is 9.30 Å². The number of nitro benzene ring substituents is 1. The third kappa shape index (κ3) is 6.18. The van der Waals surface area contributed by atoms with E-state index < -0.39 is 29.0 Å². The molecule has 1 saturated heterocycles. The van der Waals surface area contributed by atoms with E-state index in [1.807, 2.05) is 28.4 Å². The Morgan fingerprint density at radius 1 is 1.27 bits per heavy atom. The van der Waals surface area contributed by atoms with Crippen molar-refractivity contribution in [2.24, 2.45) is 22.1 Å². The zero-order chi connectivity index (χ0) is 32.2. The van der Waals surface area contributed by atoms with E-state index in [1.54, 1.807) is 6.92 Å². The van der Waals surface area contributed by atoms with Gasteiger partial charge in [-0.15, -0.1) is 0 Å². The van der Waals surface area contributed by atoms with E-state index in [0.29, 0.717) is 42.9 Å². The first-order valence-electron chi connectivity index (χ1n) is 14.0. The Labute approximate surface area is 264 Å². The van der Waals surface area contributed by atoms with Crippen LogP contribution in [0.15, 0.2) is 57.7 Å². The Morgan fingerprint density at radius 2 is 1.98 bits per heavy atom. The fraction of sp³-hybridized carbons (Fsp3) is 0.444. The van der Waals surface area contributed by atoms with Crippen LogP contribution >= 0.6 is 23.1 Å². The molecule has 0 saturated carbocycles. The normalized spacial score (nSPS) is 19.5. The van der Waals surface area contributed by atoms with E-state index in [9.17, 15) is 24.8 Å². The lowest BCUT2D eigenvalue weighted by atomic mass is 9.77. The molecule has 1 N–H and O–H groups in total. The van der Waals surface area contributed by atoms with E-state index in [4.69, 9.17) is 15.8 Å². The summed E-state index contributed by atoms with van der Waals surface area (Å²) in [5, 5.41) is 29.5. The van der Waals surface area contributed by atoms with Crippen LogP contribution in [0.3, 0.4) is 0 Å². The number of thioether (sulfide) groups is 1. The number of carbonyl (C=O) groups is 2. The van der Waals surface area contributed by atoms with Crippen LogP contribution < -0.4 is 4.57 Å². The van der Waals surface area contributed by atoms with E-state index in [2.05, 4.69) is 20.1 Å². The van der Waals surface area contributed by atoms with Crippen LogP contribution in [-0.2, 0) is 27.5 Å². The number of benzene rings is 1. The molecule has 3 aromatic rings. The molecule has 45 heavy (non-hydrogen) atoms. The summed E-state index contributed by atoms with van der Waals surface area (Å²) in [7, 11) is 0. The zero-order valence-corrected chi connectivity index (χ0v) is 25.9. The molecule has 18 heteroatoms. The highest BCUT2D eigenvalue weighted by Crippen LogP contribution is 2.52. The second kappa shape index (κ2) is 13.6. The predicted octanol–water partition coefficient (Wildman–Crippen LogP) is 4.61. The van der Waals surface area contributed by atoms with Crippen LogP contribution in [0.4, 0.5) is 5.69 Å². The summed E-state index contributed by atoms with van der Waals surface area (Å²) >= 11 is 2.96. The van der Waals surface area contributed by atoms with E-state index in [-0.39, 0.29) is 29.8 Å². The van der Waals surface area contributed by atoms with Gasteiger partial charge in [0.1, 0.15) is 18.5 Å². The van der Waals surface area contributed by atoms with Crippen LogP contribution in [0.1, 0.15) is 30.7 Å². The number of azide groups is 2. The second-order valence-electron chi connectivity index (χ2n) is 10.5. The monoisotopic (exact) mass is 653 g/mol. The lowest BCUT2D eigenvalue weighted by molar-refractivity contribution is -0.729. The molecule has 0 radical (unpaired) electrons. The van der Waals surface area contributed by atoms with Crippen molar-refractivity contribution in [3.8, 4) is 0 Å². The molecule has 5 rings (SSSR count). The van der Waals surface area contributed by atoms with E-state index in [1.165, 1.54) is 52.3 Å². The quantitative estimate of drug-likeness (QED) is 0.0249. The number of rotatable bonds is 14. The fourth-order valence-electron chi connectivity index (χ4n) is 5.76. The minimum absolute atomic E-state index is 0.0840. The molecule has 0 aliphatic carbocycles. The Hall–Kier alpha value is -4.60. The summed E-state index contributed by atoms with van der Waals surface area (Å²) in [4.78, 5) is 46.0. The highest BCUT2D eigenvalue weighted by Gasteiger charge is 2.60. The molecule has 1 aromatic carbocycles. The molecule has 1 fully saturated rings. The predicted molar refractivity (Wildman–Crippen MR) is 164 cm³/mol. The molecule has 2 aliphatic heterocycles. The second-order valence-corrected chi connectivity index (χ2v) is 12.7. The number of aromatic nitrogens is 2. The van der Waals surface area contributed by atoms with Crippen LogP contribution in [0.5, 0.6) is 0 Å². The number of hydrogen-bond donors (Lipinski definition) is 1. The topological polar surface area (TPSA) is 216 Å². The Kier molecular flexibility index (Phi) is 9.60. The van der Waals surface area contributed by atoms with Gasteiger partial charge in [-0.05, 0) is 42.1 Å². The van der Waals surface area contributed by atoms with Gasteiger partial charge >= 0.3 is 5.97 Å². The number of imidazole rings is 1. The number of hydrogen-bond acceptors (Lipinski definition) is 10. The highest BCUT2D eigenvalue weighted by atomic mass is 32.2. The number of thiazole rings is 1. The molecule has 0 spiro atoms. The molecular formula is C27H29N10O6S2+. The van der Waals surface area contributed by atoms with E-state index >= 15 is 0 Å². The number of aliphatic hydroxyl groups excluding tert-OH is 1. The van der Waals surface area contributed by atoms with Gasteiger partial charge in [0, 0.05) is 52.3 Å². The van der Waals surface area contributed by atoms with Gasteiger partial charge in [-0.3, -0.25) is 14.9 Å². The van der Waals surface area contributed by atoms with Gasteiger partial charge in [-0.1, -0.05) is 40.3 Å². The van der Waals surface area contributed by atoms with Crippen molar-refractivity contribution in [2.75, 3.05) is 18.8 Å². The molecule has 2 aromatic heterocycles. The lowest BCUT2D eigenvalue weighted by Gasteiger charge is -2.46. The van der Waals surface area contributed by atoms with Crippen LogP contribution in [0, 0.1) is 22.0 Å². The maximum atomic E-state index is 13.7. The minimum atomic E-state index is -0.902. The summed E-state index contributed by atoms with van der Waals surface area (Å²) < 4.78 is 9.61. The Bertz CT molecular complexity index is 1770. The molecule has 4 heterocycles. The van der Waals surface area contributed by atoms with Gasteiger partial charge in [0.25, 0.3) is 12.0 Å². The van der Waals surface area contributed by atoms with Gasteiger partial charge in [0.15, 0.2) is 0 Å². The Balaban J connectivity index is 1.50. The van der Waals surface area contributed by atoms with Crippen LogP contribution in [0.2, 0.25) is 0 Å². The zero-order valence-electron chi connectivity index (χ0n) is 24.3. The van der Waals surface area contributed by atoms with Crippen LogP contribution in [0.25, 0.3) is 31.3 Å². The largest absolute Gasteiger partial charge is 0.456 e. The summed E-state index contributed by atoms with van der Waals surface area (Å²) in [5.74, 6) is -1.47. The molecule has 16 nitrogen and oxygen atoms in total. The van der Waals surface area contributed by atoms with Crippen molar-refractivity contribution in [1.29, 1.82) is 0 Å². The van der Waals surface area contributed by atoms with E-state index in [0.717, 1.165) is 14.7 Å². The first-order valence-corrected chi connectivity index (χ1v) is 15.8. The van der Waals surface area contributed by atoms with Crippen molar-refractivity contribution < 1.29 is 28.9 Å². The van der Waals surface area contributed by atoms with Gasteiger partial charge in [-0.25, -0.2) is 9.36 Å².